The van der Waals surface area contributed by atoms with E-state index in [1.165, 1.54) is 0 Å². The molecule has 0 aliphatic rings. The van der Waals surface area contributed by atoms with E-state index in [2.05, 4.69) is 43.9 Å². The minimum Gasteiger partial charge on any atom is -0.238 e. The summed E-state index contributed by atoms with van der Waals surface area (Å²) in [4.78, 5) is 8.60. The summed E-state index contributed by atoms with van der Waals surface area (Å²) in [6.45, 7) is 8.61. The molecule has 0 atom stereocenters. The molecule has 0 saturated carbocycles. The van der Waals surface area contributed by atoms with Gasteiger partial charge in [-0.1, -0.05) is 27.7 Å². The van der Waals surface area contributed by atoms with Crippen LogP contribution < -0.4 is 0 Å². The highest BCUT2D eigenvalue weighted by Gasteiger charge is 2.04. The van der Waals surface area contributed by atoms with Crippen LogP contribution in [0.15, 0.2) is 6.07 Å². The Balaban J connectivity index is 2.79. The van der Waals surface area contributed by atoms with Crippen molar-refractivity contribution in [1.29, 1.82) is 0 Å². The molecule has 1 aromatic heterocycles. The molecule has 0 unspecified atom stereocenters. The highest BCUT2D eigenvalue weighted by atomic mass is 14.9. The second-order valence-electron chi connectivity index (χ2n) is 4.09. The molecule has 13 heavy (non-hydrogen) atoms. The van der Waals surface area contributed by atoms with Gasteiger partial charge in [0, 0.05) is 12.1 Å². The Labute approximate surface area is 80.4 Å². The standard InChI is InChI=1S/C11H17N2/c1-8(2)7-11-12-6-5-10(13-11)9(3)4/h5,8-9H,7H2,1-4H3. The van der Waals surface area contributed by atoms with Crippen LogP contribution in [-0.4, -0.2) is 9.97 Å². The molecular weight excluding hydrogens is 160 g/mol. The minimum atomic E-state index is 0.463. The van der Waals surface area contributed by atoms with E-state index < -0.39 is 0 Å². The van der Waals surface area contributed by atoms with Crippen LogP contribution in [0, 0.1) is 12.1 Å². The van der Waals surface area contributed by atoms with Crippen LogP contribution in [0.1, 0.15) is 45.1 Å². The lowest BCUT2D eigenvalue weighted by atomic mass is 10.1. The van der Waals surface area contributed by atoms with Crippen LogP contribution in [-0.2, 0) is 6.42 Å². The summed E-state index contributed by atoms with van der Waals surface area (Å²) in [5.41, 5.74) is 1.09. The Hall–Kier alpha value is -0.920. The predicted octanol–water partition coefficient (Wildman–Crippen LogP) is 2.60. The number of aromatic nitrogens is 2. The Morgan fingerprint density at radius 3 is 2.54 bits per heavy atom. The van der Waals surface area contributed by atoms with Crippen LogP contribution in [0.3, 0.4) is 0 Å². The molecule has 0 spiro atoms. The predicted molar refractivity (Wildman–Crippen MR) is 53.5 cm³/mol. The average molecular weight is 177 g/mol. The Morgan fingerprint density at radius 1 is 1.31 bits per heavy atom. The summed E-state index contributed by atoms with van der Waals surface area (Å²) < 4.78 is 0. The highest BCUT2D eigenvalue weighted by molar-refractivity contribution is 5.05. The molecule has 71 valence electrons. The Morgan fingerprint density at radius 2 is 2.00 bits per heavy atom. The zero-order valence-corrected chi connectivity index (χ0v) is 8.83. The van der Waals surface area contributed by atoms with Gasteiger partial charge in [0.25, 0.3) is 0 Å². The third-order valence-corrected chi connectivity index (χ3v) is 1.85. The van der Waals surface area contributed by atoms with Crippen LogP contribution >= 0.6 is 0 Å². The van der Waals surface area contributed by atoms with E-state index in [1.807, 2.05) is 6.07 Å². The fraction of sp³-hybridized carbons (Fsp3) is 0.636. The molecule has 1 heterocycles. The zero-order chi connectivity index (χ0) is 9.84. The lowest BCUT2D eigenvalue weighted by Crippen LogP contribution is -2.03. The molecule has 0 amide bonds. The van der Waals surface area contributed by atoms with Crippen LogP contribution in [0.25, 0.3) is 0 Å². The van der Waals surface area contributed by atoms with Crippen molar-refractivity contribution in [2.24, 2.45) is 5.92 Å². The van der Waals surface area contributed by atoms with Gasteiger partial charge < -0.3 is 0 Å². The zero-order valence-electron chi connectivity index (χ0n) is 8.83. The molecule has 0 aliphatic carbocycles. The van der Waals surface area contributed by atoms with Crippen LogP contribution in [0.2, 0.25) is 0 Å². The molecule has 1 radical (unpaired) electrons. The van der Waals surface area contributed by atoms with Gasteiger partial charge in [0.05, 0.1) is 6.20 Å². The van der Waals surface area contributed by atoms with E-state index in [0.717, 1.165) is 17.9 Å². The van der Waals surface area contributed by atoms with Crippen molar-refractivity contribution in [3.05, 3.63) is 23.8 Å². The van der Waals surface area contributed by atoms with E-state index in [-0.39, 0.29) is 0 Å². The second-order valence-corrected chi connectivity index (χ2v) is 4.09. The summed E-state index contributed by atoms with van der Waals surface area (Å²) >= 11 is 0. The van der Waals surface area contributed by atoms with E-state index in [4.69, 9.17) is 0 Å². The van der Waals surface area contributed by atoms with Crippen molar-refractivity contribution in [2.75, 3.05) is 0 Å². The van der Waals surface area contributed by atoms with Crippen molar-refractivity contribution >= 4 is 0 Å². The average Bonchev–Trinajstić information content (AvgIpc) is 2.03. The third kappa shape index (κ3) is 3.13. The van der Waals surface area contributed by atoms with Crippen LogP contribution in [0.4, 0.5) is 0 Å². The molecule has 0 aliphatic heterocycles. The molecular formula is C11H17N2. The van der Waals surface area contributed by atoms with Crippen molar-refractivity contribution in [2.45, 2.75) is 40.0 Å². The van der Waals surface area contributed by atoms with Crippen molar-refractivity contribution in [1.82, 2.24) is 9.97 Å². The summed E-state index contributed by atoms with van der Waals surface area (Å²) in [6.07, 6.45) is 3.85. The third-order valence-electron chi connectivity index (χ3n) is 1.85. The minimum absolute atomic E-state index is 0.463. The molecule has 2 nitrogen and oxygen atoms in total. The van der Waals surface area contributed by atoms with Gasteiger partial charge in [-0.15, -0.1) is 0 Å². The van der Waals surface area contributed by atoms with Gasteiger partial charge in [-0.25, -0.2) is 9.97 Å². The monoisotopic (exact) mass is 177 g/mol. The quantitative estimate of drug-likeness (QED) is 0.709. The van der Waals surface area contributed by atoms with Crippen molar-refractivity contribution in [3.63, 3.8) is 0 Å². The fourth-order valence-electron chi connectivity index (χ4n) is 1.13. The normalized spacial score (nSPS) is 11.2. The van der Waals surface area contributed by atoms with E-state index in [1.54, 1.807) is 0 Å². The molecule has 1 aromatic rings. The molecule has 2 heteroatoms. The summed E-state index contributed by atoms with van der Waals surface area (Å²) in [6, 6.07) is 1.87. The summed E-state index contributed by atoms with van der Waals surface area (Å²) in [7, 11) is 0. The van der Waals surface area contributed by atoms with Crippen molar-refractivity contribution < 1.29 is 0 Å². The molecule has 0 N–H and O–H groups in total. The summed E-state index contributed by atoms with van der Waals surface area (Å²) in [5, 5.41) is 0. The van der Waals surface area contributed by atoms with Gasteiger partial charge in [0.2, 0.25) is 0 Å². The van der Waals surface area contributed by atoms with E-state index >= 15 is 0 Å². The van der Waals surface area contributed by atoms with E-state index in [0.29, 0.717) is 11.8 Å². The fourth-order valence-corrected chi connectivity index (χ4v) is 1.13. The Bertz CT molecular complexity index is 267. The second kappa shape index (κ2) is 4.35. The number of hydrogen-bond acceptors (Lipinski definition) is 2. The molecule has 0 bridgehead atoms. The van der Waals surface area contributed by atoms with Gasteiger partial charge >= 0.3 is 0 Å². The number of rotatable bonds is 3. The van der Waals surface area contributed by atoms with Crippen LogP contribution in [0.5, 0.6) is 0 Å². The van der Waals surface area contributed by atoms with Gasteiger partial charge in [-0.05, 0) is 17.9 Å². The van der Waals surface area contributed by atoms with Gasteiger partial charge in [0.15, 0.2) is 0 Å². The maximum absolute atomic E-state index is 4.47. The van der Waals surface area contributed by atoms with Gasteiger partial charge in [-0.2, -0.15) is 0 Å². The van der Waals surface area contributed by atoms with Gasteiger partial charge in [-0.3, -0.25) is 0 Å². The first-order valence-corrected chi connectivity index (χ1v) is 4.83. The molecule has 0 saturated heterocycles. The maximum atomic E-state index is 4.47. The first kappa shape index (κ1) is 10.2. The number of nitrogens with zero attached hydrogens (tertiary/aromatic N) is 2. The maximum Gasteiger partial charge on any atom is 0.129 e. The van der Waals surface area contributed by atoms with Crippen molar-refractivity contribution in [3.8, 4) is 0 Å². The lowest BCUT2D eigenvalue weighted by Gasteiger charge is -2.07. The first-order chi connectivity index (χ1) is 6.09. The largest absolute Gasteiger partial charge is 0.238 e. The van der Waals surface area contributed by atoms with E-state index in [9.17, 15) is 0 Å². The SMILES string of the molecule is CC(C)Cc1n[c]cc(C(C)C)n1. The number of hydrogen-bond donors (Lipinski definition) is 0. The molecule has 1 rings (SSSR count). The topological polar surface area (TPSA) is 25.8 Å². The first-order valence-electron chi connectivity index (χ1n) is 4.83. The van der Waals surface area contributed by atoms with Gasteiger partial charge in [0.1, 0.15) is 5.82 Å². The molecule has 0 fully saturated rings. The molecule has 0 aromatic carbocycles. The summed E-state index contributed by atoms with van der Waals surface area (Å²) in [5.74, 6) is 1.99. The smallest absolute Gasteiger partial charge is 0.129 e. The lowest BCUT2D eigenvalue weighted by molar-refractivity contribution is 0.613. The Kier molecular flexibility index (Phi) is 3.40. The highest BCUT2D eigenvalue weighted by Crippen LogP contribution is 2.11.